The molecule has 0 saturated carbocycles. The quantitative estimate of drug-likeness (QED) is 0.792. The fraction of sp³-hybridized carbons (Fsp3) is 1.00. The molecule has 2 aliphatic rings. The molecule has 1 unspecified atom stereocenters. The van der Waals surface area contributed by atoms with Gasteiger partial charge in [-0.05, 0) is 76.0 Å². The van der Waals surface area contributed by atoms with E-state index in [1.807, 2.05) is 0 Å². The Labute approximate surface area is 107 Å². The van der Waals surface area contributed by atoms with Crippen LogP contribution in [0.1, 0.15) is 52.4 Å². The highest BCUT2D eigenvalue weighted by Gasteiger charge is 2.34. The van der Waals surface area contributed by atoms with Crippen LogP contribution in [0.2, 0.25) is 0 Å². The summed E-state index contributed by atoms with van der Waals surface area (Å²) in [5, 5.41) is 3.53. The van der Waals surface area contributed by atoms with Gasteiger partial charge in [0, 0.05) is 6.54 Å². The Hall–Kier alpha value is -0.0800. The van der Waals surface area contributed by atoms with E-state index in [1.54, 1.807) is 0 Å². The molecule has 2 aliphatic heterocycles. The molecular weight excluding hydrogens is 208 g/mol. The van der Waals surface area contributed by atoms with Crippen LogP contribution in [0.5, 0.6) is 0 Å². The molecule has 0 aromatic heterocycles. The highest BCUT2D eigenvalue weighted by atomic mass is 15.2. The lowest BCUT2D eigenvalue weighted by Gasteiger charge is -2.28. The van der Waals surface area contributed by atoms with Gasteiger partial charge < -0.3 is 10.2 Å². The van der Waals surface area contributed by atoms with Crippen molar-refractivity contribution in [1.29, 1.82) is 0 Å². The highest BCUT2D eigenvalue weighted by molar-refractivity contribution is 4.88. The maximum Gasteiger partial charge on any atom is 0.00382 e. The molecule has 1 atom stereocenters. The van der Waals surface area contributed by atoms with Crippen LogP contribution in [0.4, 0.5) is 0 Å². The average Bonchev–Trinajstić information content (AvgIpc) is 2.82. The lowest BCUT2D eigenvalue weighted by atomic mass is 9.82. The number of nitrogens with zero attached hydrogens (tertiary/aromatic N) is 1. The van der Waals surface area contributed by atoms with Crippen LogP contribution < -0.4 is 5.32 Å². The molecule has 0 aliphatic carbocycles. The summed E-state index contributed by atoms with van der Waals surface area (Å²) in [5.74, 6) is 0.946. The van der Waals surface area contributed by atoms with Crippen molar-refractivity contribution in [3.63, 3.8) is 0 Å². The van der Waals surface area contributed by atoms with Crippen LogP contribution in [0.3, 0.4) is 0 Å². The van der Waals surface area contributed by atoms with Gasteiger partial charge in [-0.1, -0.05) is 13.8 Å². The van der Waals surface area contributed by atoms with Crippen LogP contribution in [0.15, 0.2) is 0 Å². The normalized spacial score (nSPS) is 29.6. The summed E-state index contributed by atoms with van der Waals surface area (Å²) in [6.07, 6.45) is 8.42. The Morgan fingerprint density at radius 2 is 2.12 bits per heavy atom. The van der Waals surface area contributed by atoms with Crippen LogP contribution in [0, 0.1) is 11.3 Å². The standard InChI is InChI=1S/C15H30N2/c1-3-15(4-2)8-11-17(13-15)10-7-14-6-5-9-16-12-14/h14,16H,3-13H2,1-2H3. The van der Waals surface area contributed by atoms with Gasteiger partial charge in [-0.3, -0.25) is 0 Å². The third-order valence-corrected chi connectivity index (χ3v) is 5.27. The second kappa shape index (κ2) is 6.19. The molecule has 100 valence electrons. The molecule has 17 heavy (non-hydrogen) atoms. The Kier molecular flexibility index (Phi) is 4.87. The first kappa shape index (κ1) is 13.4. The molecular formula is C15H30N2. The smallest absolute Gasteiger partial charge is 0.00382 e. The Bertz CT molecular complexity index is 217. The number of hydrogen-bond donors (Lipinski definition) is 1. The monoisotopic (exact) mass is 238 g/mol. The molecule has 0 aromatic carbocycles. The summed E-state index contributed by atoms with van der Waals surface area (Å²) in [6.45, 7) is 11.3. The zero-order valence-corrected chi connectivity index (χ0v) is 11.8. The van der Waals surface area contributed by atoms with Crippen LogP contribution in [0.25, 0.3) is 0 Å². The van der Waals surface area contributed by atoms with Crippen molar-refractivity contribution in [3.05, 3.63) is 0 Å². The van der Waals surface area contributed by atoms with Crippen molar-refractivity contribution in [3.8, 4) is 0 Å². The molecule has 0 aromatic rings. The minimum absolute atomic E-state index is 0.658. The zero-order chi connectivity index (χ0) is 12.1. The summed E-state index contributed by atoms with van der Waals surface area (Å²) in [7, 11) is 0. The van der Waals surface area contributed by atoms with Crippen molar-refractivity contribution in [1.82, 2.24) is 10.2 Å². The third kappa shape index (κ3) is 3.45. The van der Waals surface area contributed by atoms with Gasteiger partial charge >= 0.3 is 0 Å². The van der Waals surface area contributed by atoms with Gasteiger partial charge in [0.25, 0.3) is 0 Å². The Morgan fingerprint density at radius 1 is 1.29 bits per heavy atom. The molecule has 2 rings (SSSR count). The summed E-state index contributed by atoms with van der Waals surface area (Å²) >= 11 is 0. The lowest BCUT2D eigenvalue weighted by molar-refractivity contribution is 0.223. The number of likely N-dealkylation sites (tertiary alicyclic amines) is 1. The van der Waals surface area contributed by atoms with Gasteiger partial charge in [0.15, 0.2) is 0 Å². The Balaban J connectivity index is 1.70. The van der Waals surface area contributed by atoms with Crippen molar-refractivity contribution in [2.24, 2.45) is 11.3 Å². The predicted molar refractivity (Wildman–Crippen MR) is 74.3 cm³/mol. The van der Waals surface area contributed by atoms with E-state index in [9.17, 15) is 0 Å². The van der Waals surface area contributed by atoms with E-state index in [1.165, 1.54) is 71.2 Å². The average molecular weight is 238 g/mol. The first-order valence-electron chi connectivity index (χ1n) is 7.71. The number of rotatable bonds is 5. The number of hydrogen-bond acceptors (Lipinski definition) is 2. The summed E-state index contributed by atoms with van der Waals surface area (Å²) in [6, 6.07) is 0. The van der Waals surface area contributed by atoms with Crippen molar-refractivity contribution in [2.45, 2.75) is 52.4 Å². The summed E-state index contributed by atoms with van der Waals surface area (Å²) in [5.41, 5.74) is 0.658. The molecule has 2 heterocycles. The minimum atomic E-state index is 0.658. The fourth-order valence-electron chi connectivity index (χ4n) is 3.58. The maximum absolute atomic E-state index is 3.53. The van der Waals surface area contributed by atoms with E-state index in [4.69, 9.17) is 0 Å². The number of nitrogens with one attached hydrogen (secondary N) is 1. The second-order valence-electron chi connectivity index (χ2n) is 6.23. The largest absolute Gasteiger partial charge is 0.316 e. The van der Waals surface area contributed by atoms with Crippen molar-refractivity contribution in [2.75, 3.05) is 32.7 Å². The van der Waals surface area contributed by atoms with E-state index in [0.29, 0.717) is 5.41 Å². The first-order valence-corrected chi connectivity index (χ1v) is 7.71. The molecule has 0 amide bonds. The van der Waals surface area contributed by atoms with E-state index < -0.39 is 0 Å². The summed E-state index contributed by atoms with van der Waals surface area (Å²) in [4.78, 5) is 2.72. The van der Waals surface area contributed by atoms with Gasteiger partial charge in [0.05, 0.1) is 0 Å². The predicted octanol–water partition coefficient (Wildman–Crippen LogP) is 2.89. The van der Waals surface area contributed by atoms with Crippen LogP contribution >= 0.6 is 0 Å². The molecule has 2 heteroatoms. The van der Waals surface area contributed by atoms with Crippen LogP contribution in [-0.2, 0) is 0 Å². The van der Waals surface area contributed by atoms with Crippen molar-refractivity contribution >= 4 is 0 Å². The topological polar surface area (TPSA) is 15.3 Å². The van der Waals surface area contributed by atoms with Crippen molar-refractivity contribution < 1.29 is 0 Å². The summed E-state index contributed by atoms with van der Waals surface area (Å²) < 4.78 is 0. The van der Waals surface area contributed by atoms with Gasteiger partial charge in [0.1, 0.15) is 0 Å². The number of piperidine rings is 1. The second-order valence-corrected chi connectivity index (χ2v) is 6.23. The minimum Gasteiger partial charge on any atom is -0.316 e. The molecule has 2 fully saturated rings. The SMILES string of the molecule is CCC1(CC)CCN(CCC2CCCNC2)C1. The van der Waals surface area contributed by atoms with E-state index in [0.717, 1.165) is 5.92 Å². The van der Waals surface area contributed by atoms with E-state index in [2.05, 4.69) is 24.1 Å². The van der Waals surface area contributed by atoms with Gasteiger partial charge in [-0.15, -0.1) is 0 Å². The zero-order valence-electron chi connectivity index (χ0n) is 11.8. The molecule has 0 radical (unpaired) electrons. The first-order chi connectivity index (χ1) is 8.28. The lowest BCUT2D eigenvalue weighted by Crippen LogP contribution is -2.33. The molecule has 2 nitrogen and oxygen atoms in total. The van der Waals surface area contributed by atoms with E-state index in [-0.39, 0.29) is 0 Å². The van der Waals surface area contributed by atoms with Crippen LogP contribution in [-0.4, -0.2) is 37.6 Å². The molecule has 1 N–H and O–H groups in total. The molecule has 0 spiro atoms. The fourth-order valence-corrected chi connectivity index (χ4v) is 3.58. The van der Waals surface area contributed by atoms with Gasteiger partial charge in [-0.25, -0.2) is 0 Å². The highest BCUT2D eigenvalue weighted by Crippen LogP contribution is 2.37. The van der Waals surface area contributed by atoms with Gasteiger partial charge in [0.2, 0.25) is 0 Å². The van der Waals surface area contributed by atoms with Gasteiger partial charge in [-0.2, -0.15) is 0 Å². The van der Waals surface area contributed by atoms with E-state index >= 15 is 0 Å². The maximum atomic E-state index is 3.53. The Morgan fingerprint density at radius 3 is 2.71 bits per heavy atom. The molecule has 0 bridgehead atoms. The third-order valence-electron chi connectivity index (χ3n) is 5.27. The molecule has 2 saturated heterocycles.